The third-order valence-corrected chi connectivity index (χ3v) is 5.20. The van der Waals surface area contributed by atoms with E-state index in [0.717, 1.165) is 12.8 Å². The highest BCUT2D eigenvalue weighted by molar-refractivity contribution is 5.44. The number of aryl methyl sites for hydroxylation is 1. The highest BCUT2D eigenvalue weighted by Crippen LogP contribution is 2.59. The molecule has 0 bridgehead atoms. The molecular formula is C17H21NO. The van der Waals surface area contributed by atoms with Crippen LogP contribution in [0.3, 0.4) is 0 Å². The molecule has 0 heterocycles. The lowest BCUT2D eigenvalue weighted by Crippen LogP contribution is -2.51. The van der Waals surface area contributed by atoms with Crippen LogP contribution in [0.2, 0.25) is 0 Å². The Morgan fingerprint density at radius 1 is 1.37 bits per heavy atom. The second kappa shape index (κ2) is 4.08. The minimum absolute atomic E-state index is 0.123. The van der Waals surface area contributed by atoms with Crippen LogP contribution < -0.4 is 0 Å². The predicted octanol–water partition coefficient (Wildman–Crippen LogP) is 3.18. The second-order valence-corrected chi connectivity index (χ2v) is 6.77. The summed E-state index contributed by atoms with van der Waals surface area (Å²) in [4.78, 5) is 0. The maximum atomic E-state index is 10.4. The van der Waals surface area contributed by atoms with Crippen molar-refractivity contribution in [3.8, 4) is 6.07 Å². The summed E-state index contributed by atoms with van der Waals surface area (Å²) in [7, 11) is 0. The van der Waals surface area contributed by atoms with Crippen molar-refractivity contribution in [1.82, 2.24) is 0 Å². The van der Waals surface area contributed by atoms with Crippen molar-refractivity contribution in [2.75, 3.05) is 0 Å². The van der Waals surface area contributed by atoms with Gasteiger partial charge >= 0.3 is 0 Å². The van der Waals surface area contributed by atoms with E-state index in [1.54, 1.807) is 0 Å². The van der Waals surface area contributed by atoms with Crippen molar-refractivity contribution in [1.29, 1.82) is 5.26 Å². The van der Waals surface area contributed by atoms with Crippen LogP contribution in [0.5, 0.6) is 0 Å². The topological polar surface area (TPSA) is 44.0 Å². The van der Waals surface area contributed by atoms with E-state index >= 15 is 0 Å². The van der Waals surface area contributed by atoms with Crippen molar-refractivity contribution in [2.24, 2.45) is 17.8 Å². The first-order valence-corrected chi connectivity index (χ1v) is 7.14. The molecule has 1 fully saturated rings. The van der Waals surface area contributed by atoms with E-state index in [-0.39, 0.29) is 11.8 Å². The van der Waals surface area contributed by atoms with Crippen LogP contribution in [0.25, 0.3) is 0 Å². The predicted molar refractivity (Wildman–Crippen MR) is 74.6 cm³/mol. The molecule has 100 valence electrons. The number of aliphatic hydroxyl groups is 1. The van der Waals surface area contributed by atoms with Gasteiger partial charge in [-0.2, -0.15) is 5.26 Å². The van der Waals surface area contributed by atoms with E-state index in [2.05, 4.69) is 31.2 Å². The van der Waals surface area contributed by atoms with Gasteiger partial charge in [0, 0.05) is 0 Å². The molecule has 0 unspecified atom stereocenters. The van der Waals surface area contributed by atoms with Crippen LogP contribution in [0, 0.1) is 36.0 Å². The SMILES string of the molecule is Cc1cccc2c1[C@H]1[C@H](C[C@@H]1C(C)(C)O)[C@H](C#N)C2. The molecule has 2 aliphatic rings. The molecule has 0 aromatic heterocycles. The fourth-order valence-electron chi connectivity index (χ4n) is 4.17. The molecule has 0 aliphatic heterocycles. The average molecular weight is 255 g/mol. The summed E-state index contributed by atoms with van der Waals surface area (Å²) in [6.45, 7) is 5.96. The van der Waals surface area contributed by atoms with E-state index in [1.165, 1.54) is 16.7 Å². The van der Waals surface area contributed by atoms with Crippen LogP contribution in [0.1, 0.15) is 42.9 Å². The maximum absolute atomic E-state index is 10.4. The molecule has 1 saturated carbocycles. The molecule has 1 aromatic carbocycles. The summed E-state index contributed by atoms with van der Waals surface area (Å²) in [6.07, 6.45) is 1.87. The molecule has 0 radical (unpaired) electrons. The Morgan fingerprint density at radius 2 is 2.11 bits per heavy atom. The minimum atomic E-state index is -0.655. The Kier molecular flexibility index (Phi) is 2.73. The second-order valence-electron chi connectivity index (χ2n) is 6.77. The number of rotatable bonds is 1. The molecule has 0 amide bonds. The van der Waals surface area contributed by atoms with Crippen LogP contribution in [0.4, 0.5) is 0 Å². The van der Waals surface area contributed by atoms with Gasteiger partial charge in [0.15, 0.2) is 0 Å². The van der Waals surface area contributed by atoms with Gasteiger partial charge in [-0.15, -0.1) is 0 Å². The molecule has 0 spiro atoms. The van der Waals surface area contributed by atoms with Crippen LogP contribution in [-0.4, -0.2) is 10.7 Å². The fourth-order valence-corrected chi connectivity index (χ4v) is 4.17. The first-order valence-electron chi connectivity index (χ1n) is 7.14. The van der Waals surface area contributed by atoms with E-state index in [4.69, 9.17) is 0 Å². The van der Waals surface area contributed by atoms with Gasteiger partial charge in [0.25, 0.3) is 0 Å². The summed E-state index contributed by atoms with van der Waals surface area (Å²) in [5, 5.41) is 19.8. The Hall–Kier alpha value is -1.33. The normalized spacial score (nSPS) is 32.8. The van der Waals surface area contributed by atoms with Gasteiger partial charge in [0.1, 0.15) is 0 Å². The Morgan fingerprint density at radius 3 is 2.74 bits per heavy atom. The van der Waals surface area contributed by atoms with E-state index in [0.29, 0.717) is 11.8 Å². The van der Waals surface area contributed by atoms with Gasteiger partial charge in [-0.1, -0.05) is 18.2 Å². The summed E-state index contributed by atoms with van der Waals surface area (Å²) < 4.78 is 0. The average Bonchev–Trinajstić information content (AvgIpc) is 2.28. The molecule has 2 nitrogen and oxygen atoms in total. The zero-order valence-corrected chi connectivity index (χ0v) is 11.9. The summed E-state index contributed by atoms with van der Waals surface area (Å²) >= 11 is 0. The van der Waals surface area contributed by atoms with Gasteiger partial charge in [-0.25, -0.2) is 0 Å². The molecule has 0 saturated heterocycles. The van der Waals surface area contributed by atoms with Crippen LogP contribution in [0.15, 0.2) is 18.2 Å². The first kappa shape index (κ1) is 12.7. The molecular weight excluding hydrogens is 234 g/mol. The van der Waals surface area contributed by atoms with Crippen molar-refractivity contribution < 1.29 is 5.11 Å². The zero-order chi connectivity index (χ0) is 13.8. The Labute approximate surface area is 115 Å². The lowest BCUT2D eigenvalue weighted by atomic mass is 9.49. The van der Waals surface area contributed by atoms with Gasteiger partial charge < -0.3 is 5.11 Å². The number of fused-ring (bicyclic) bond motifs is 3. The van der Waals surface area contributed by atoms with Gasteiger partial charge in [0.05, 0.1) is 17.6 Å². The van der Waals surface area contributed by atoms with Crippen molar-refractivity contribution in [3.05, 3.63) is 34.9 Å². The molecule has 1 aromatic rings. The number of nitriles is 1. The zero-order valence-electron chi connectivity index (χ0n) is 11.9. The maximum Gasteiger partial charge on any atom is 0.0662 e. The van der Waals surface area contributed by atoms with Crippen molar-refractivity contribution >= 4 is 0 Å². The number of hydrogen-bond donors (Lipinski definition) is 1. The third-order valence-electron chi connectivity index (χ3n) is 5.20. The Bertz CT molecular complexity index is 549. The Balaban J connectivity index is 2.08. The first-order chi connectivity index (χ1) is 8.93. The molecule has 1 N–H and O–H groups in total. The quantitative estimate of drug-likeness (QED) is 0.837. The third kappa shape index (κ3) is 1.80. The molecule has 3 rings (SSSR count). The fraction of sp³-hybridized carbons (Fsp3) is 0.588. The van der Waals surface area contributed by atoms with Crippen LogP contribution in [-0.2, 0) is 6.42 Å². The summed E-state index contributed by atoms with van der Waals surface area (Å²) in [5.74, 6) is 1.22. The standard InChI is InChI=1S/C17H21NO/c1-10-5-4-6-11-7-12(9-18)13-8-14(17(2,3)19)16(13)15(10)11/h4-6,12-14,16,19H,7-8H2,1-3H3/t12-,13+,14-,16-/m0/s1. The van der Waals surface area contributed by atoms with Gasteiger partial charge in [-0.05, 0) is 68.1 Å². The van der Waals surface area contributed by atoms with Crippen molar-refractivity contribution in [2.45, 2.75) is 45.1 Å². The lowest BCUT2D eigenvalue weighted by Gasteiger charge is -2.55. The number of hydrogen-bond acceptors (Lipinski definition) is 2. The molecule has 4 atom stereocenters. The van der Waals surface area contributed by atoms with Crippen molar-refractivity contribution in [3.63, 3.8) is 0 Å². The number of benzene rings is 1. The molecule has 19 heavy (non-hydrogen) atoms. The van der Waals surface area contributed by atoms with Gasteiger partial charge in [-0.3, -0.25) is 0 Å². The number of nitrogens with zero attached hydrogens (tertiary/aromatic N) is 1. The van der Waals surface area contributed by atoms with E-state index in [1.807, 2.05) is 13.8 Å². The summed E-state index contributed by atoms with van der Waals surface area (Å²) in [5.41, 5.74) is 3.40. The molecule has 2 aliphatic carbocycles. The lowest BCUT2D eigenvalue weighted by molar-refractivity contribution is -0.0741. The monoisotopic (exact) mass is 255 g/mol. The van der Waals surface area contributed by atoms with Crippen LogP contribution >= 0.6 is 0 Å². The van der Waals surface area contributed by atoms with E-state index < -0.39 is 5.60 Å². The molecule has 2 heteroatoms. The largest absolute Gasteiger partial charge is 0.390 e. The smallest absolute Gasteiger partial charge is 0.0662 e. The van der Waals surface area contributed by atoms with E-state index in [9.17, 15) is 10.4 Å². The van der Waals surface area contributed by atoms with Gasteiger partial charge in [0.2, 0.25) is 0 Å². The minimum Gasteiger partial charge on any atom is -0.390 e. The highest BCUT2D eigenvalue weighted by Gasteiger charge is 2.54. The summed E-state index contributed by atoms with van der Waals surface area (Å²) in [6, 6.07) is 8.88. The highest BCUT2D eigenvalue weighted by atomic mass is 16.3.